The Morgan fingerprint density at radius 3 is 2.50 bits per heavy atom. The number of hydrogen-bond acceptors (Lipinski definition) is 1. The van der Waals surface area contributed by atoms with Gasteiger partial charge < -0.3 is 0 Å². The van der Waals surface area contributed by atoms with Crippen molar-refractivity contribution >= 4 is 5.78 Å². The molecule has 1 saturated carbocycles. The van der Waals surface area contributed by atoms with Crippen LogP contribution in [0, 0.1) is 11.8 Å². The van der Waals surface area contributed by atoms with Gasteiger partial charge in [0.25, 0.3) is 0 Å². The summed E-state index contributed by atoms with van der Waals surface area (Å²) in [5.41, 5.74) is 0.986. The molecule has 2 aliphatic carbocycles. The normalized spacial score (nSPS) is 35.6. The first-order chi connectivity index (χ1) is 7.73. The SMILES string of the molecule is CC(=O)C1(c2ccccc2)CC2C=CC1C2. The Morgan fingerprint density at radius 2 is 2.00 bits per heavy atom. The monoisotopic (exact) mass is 212 g/mol. The van der Waals surface area contributed by atoms with Crippen molar-refractivity contribution in [1.82, 2.24) is 0 Å². The van der Waals surface area contributed by atoms with Crippen LogP contribution in [-0.2, 0) is 10.2 Å². The molecule has 0 radical (unpaired) electrons. The van der Waals surface area contributed by atoms with Gasteiger partial charge in [-0.1, -0.05) is 42.5 Å². The van der Waals surface area contributed by atoms with Gasteiger partial charge in [0, 0.05) is 0 Å². The molecule has 0 aliphatic heterocycles. The Kier molecular flexibility index (Phi) is 2.03. The molecule has 0 aromatic heterocycles. The van der Waals surface area contributed by atoms with Crippen LogP contribution in [0.15, 0.2) is 42.5 Å². The maximum absolute atomic E-state index is 12.1. The average molecular weight is 212 g/mol. The third kappa shape index (κ3) is 1.14. The molecule has 1 heteroatoms. The summed E-state index contributed by atoms with van der Waals surface area (Å²) in [6, 6.07) is 10.3. The van der Waals surface area contributed by atoms with Gasteiger partial charge in [-0.05, 0) is 37.2 Å². The minimum atomic E-state index is -0.222. The molecule has 3 rings (SSSR count). The number of carbonyl (C=O) groups is 1. The number of Topliss-reactive ketones (excluding diaryl/α,β-unsaturated/α-hetero) is 1. The van der Waals surface area contributed by atoms with Crippen LogP contribution in [0.3, 0.4) is 0 Å². The third-order valence-electron chi connectivity index (χ3n) is 4.31. The fraction of sp³-hybridized carbons (Fsp3) is 0.400. The van der Waals surface area contributed by atoms with Gasteiger partial charge in [0.05, 0.1) is 5.41 Å². The Balaban J connectivity index is 2.12. The predicted octanol–water partition coefficient (Wildman–Crippen LogP) is 3.11. The number of carbonyl (C=O) groups excluding carboxylic acids is 1. The van der Waals surface area contributed by atoms with Crippen LogP contribution < -0.4 is 0 Å². The summed E-state index contributed by atoms with van der Waals surface area (Å²) in [4.78, 5) is 12.1. The van der Waals surface area contributed by atoms with E-state index in [1.165, 1.54) is 5.56 Å². The second-order valence-electron chi connectivity index (χ2n) is 5.08. The Hall–Kier alpha value is -1.37. The number of allylic oxidation sites excluding steroid dienone is 2. The summed E-state index contributed by atoms with van der Waals surface area (Å²) in [6.45, 7) is 1.75. The Bertz CT molecular complexity index is 446. The van der Waals surface area contributed by atoms with E-state index in [0.717, 1.165) is 12.8 Å². The maximum atomic E-state index is 12.1. The van der Waals surface area contributed by atoms with Crippen molar-refractivity contribution in [3.8, 4) is 0 Å². The molecule has 1 aromatic rings. The van der Waals surface area contributed by atoms with E-state index in [4.69, 9.17) is 0 Å². The highest BCUT2D eigenvalue weighted by Crippen LogP contribution is 2.53. The van der Waals surface area contributed by atoms with E-state index in [0.29, 0.717) is 17.6 Å². The first kappa shape index (κ1) is 9.83. The summed E-state index contributed by atoms with van der Waals surface area (Å²) in [7, 11) is 0. The minimum absolute atomic E-state index is 0.222. The van der Waals surface area contributed by atoms with Crippen LogP contribution in [-0.4, -0.2) is 5.78 Å². The fourth-order valence-corrected chi connectivity index (χ4v) is 3.53. The predicted molar refractivity (Wildman–Crippen MR) is 64.2 cm³/mol. The lowest BCUT2D eigenvalue weighted by Crippen LogP contribution is -2.38. The van der Waals surface area contributed by atoms with Gasteiger partial charge >= 0.3 is 0 Å². The summed E-state index contributed by atoms with van der Waals surface area (Å²) in [6.07, 6.45) is 6.71. The topological polar surface area (TPSA) is 17.1 Å². The first-order valence-electron chi connectivity index (χ1n) is 5.98. The lowest BCUT2D eigenvalue weighted by atomic mass is 9.68. The molecule has 2 bridgehead atoms. The average Bonchev–Trinajstić information content (AvgIpc) is 2.90. The van der Waals surface area contributed by atoms with Gasteiger partial charge in [-0.2, -0.15) is 0 Å². The molecule has 3 unspecified atom stereocenters. The van der Waals surface area contributed by atoms with Crippen LogP contribution >= 0.6 is 0 Å². The van der Waals surface area contributed by atoms with Gasteiger partial charge in [0.2, 0.25) is 0 Å². The maximum Gasteiger partial charge on any atom is 0.140 e. The van der Waals surface area contributed by atoms with Crippen LogP contribution in [0.2, 0.25) is 0 Å². The zero-order valence-corrected chi connectivity index (χ0v) is 9.52. The number of ketones is 1. The van der Waals surface area contributed by atoms with Gasteiger partial charge in [-0.15, -0.1) is 0 Å². The van der Waals surface area contributed by atoms with Gasteiger partial charge in [-0.25, -0.2) is 0 Å². The van der Waals surface area contributed by atoms with E-state index >= 15 is 0 Å². The summed E-state index contributed by atoms with van der Waals surface area (Å²) < 4.78 is 0. The number of hydrogen-bond donors (Lipinski definition) is 0. The molecule has 3 atom stereocenters. The van der Waals surface area contributed by atoms with Crippen molar-refractivity contribution < 1.29 is 4.79 Å². The zero-order chi connectivity index (χ0) is 11.2. The second kappa shape index (κ2) is 3.31. The number of rotatable bonds is 2. The minimum Gasteiger partial charge on any atom is -0.299 e. The molecule has 0 saturated heterocycles. The molecule has 0 heterocycles. The molecular formula is C15H16O. The second-order valence-corrected chi connectivity index (χ2v) is 5.08. The number of benzene rings is 1. The summed E-state index contributed by atoms with van der Waals surface area (Å²) in [5.74, 6) is 1.38. The van der Waals surface area contributed by atoms with E-state index in [-0.39, 0.29) is 5.41 Å². The van der Waals surface area contributed by atoms with Crippen LogP contribution in [0.1, 0.15) is 25.3 Å². The van der Waals surface area contributed by atoms with Crippen molar-refractivity contribution in [2.24, 2.45) is 11.8 Å². The summed E-state index contributed by atoms with van der Waals surface area (Å²) in [5, 5.41) is 0. The van der Waals surface area contributed by atoms with E-state index in [1.54, 1.807) is 6.92 Å². The third-order valence-corrected chi connectivity index (χ3v) is 4.31. The van der Waals surface area contributed by atoms with Crippen LogP contribution in [0.4, 0.5) is 0 Å². The number of fused-ring (bicyclic) bond motifs is 2. The molecule has 16 heavy (non-hydrogen) atoms. The van der Waals surface area contributed by atoms with E-state index < -0.39 is 0 Å². The quantitative estimate of drug-likeness (QED) is 0.688. The van der Waals surface area contributed by atoms with Gasteiger partial charge in [0.15, 0.2) is 0 Å². The molecule has 82 valence electrons. The molecule has 1 nitrogen and oxygen atoms in total. The van der Waals surface area contributed by atoms with Crippen LogP contribution in [0.5, 0.6) is 0 Å². The molecular weight excluding hydrogens is 196 g/mol. The molecule has 1 fully saturated rings. The zero-order valence-electron chi connectivity index (χ0n) is 9.52. The van der Waals surface area contributed by atoms with Crippen molar-refractivity contribution in [3.05, 3.63) is 48.0 Å². The lowest BCUT2D eigenvalue weighted by molar-refractivity contribution is -0.123. The molecule has 1 aromatic carbocycles. The lowest BCUT2D eigenvalue weighted by Gasteiger charge is -2.33. The Morgan fingerprint density at radius 1 is 1.25 bits per heavy atom. The highest BCUT2D eigenvalue weighted by atomic mass is 16.1. The standard InChI is InChI=1S/C15H16O/c1-11(16)15(13-5-3-2-4-6-13)10-12-7-8-14(15)9-12/h2-8,12,14H,9-10H2,1H3. The van der Waals surface area contributed by atoms with Crippen LogP contribution in [0.25, 0.3) is 0 Å². The Labute approximate surface area is 96.2 Å². The van der Waals surface area contributed by atoms with E-state index in [9.17, 15) is 4.79 Å². The van der Waals surface area contributed by atoms with Crippen molar-refractivity contribution in [2.45, 2.75) is 25.2 Å². The highest BCUT2D eigenvalue weighted by Gasteiger charge is 2.52. The fourth-order valence-electron chi connectivity index (χ4n) is 3.53. The van der Waals surface area contributed by atoms with Gasteiger partial charge in [0.1, 0.15) is 5.78 Å². The van der Waals surface area contributed by atoms with E-state index in [1.807, 2.05) is 18.2 Å². The largest absolute Gasteiger partial charge is 0.299 e. The van der Waals surface area contributed by atoms with Crippen molar-refractivity contribution in [2.75, 3.05) is 0 Å². The highest BCUT2D eigenvalue weighted by molar-refractivity contribution is 5.89. The molecule has 0 amide bonds. The summed E-state index contributed by atoms with van der Waals surface area (Å²) >= 11 is 0. The van der Waals surface area contributed by atoms with E-state index in [2.05, 4.69) is 24.3 Å². The van der Waals surface area contributed by atoms with Gasteiger partial charge in [-0.3, -0.25) is 4.79 Å². The molecule has 2 aliphatic rings. The van der Waals surface area contributed by atoms with Crippen molar-refractivity contribution in [3.63, 3.8) is 0 Å². The molecule has 0 spiro atoms. The van der Waals surface area contributed by atoms with Crippen molar-refractivity contribution in [1.29, 1.82) is 0 Å². The first-order valence-corrected chi connectivity index (χ1v) is 5.98. The smallest absolute Gasteiger partial charge is 0.140 e. The molecule has 0 N–H and O–H groups in total.